The molecule has 3 aromatic carbocycles. The lowest BCUT2D eigenvalue weighted by Crippen LogP contribution is -2.31. The molecular weight excluding hydrogens is 362 g/mol. The van der Waals surface area contributed by atoms with Crippen LogP contribution in [0.25, 0.3) is 0 Å². The Balaban J connectivity index is 1.56. The number of carbonyl (C=O) groups excluding carboxylic acids is 2. The molecule has 0 aliphatic heterocycles. The molecule has 0 bridgehead atoms. The van der Waals surface area contributed by atoms with Crippen LogP contribution in [0, 0.1) is 0 Å². The number of hydrogen-bond acceptors (Lipinski definition) is 3. The van der Waals surface area contributed by atoms with Gasteiger partial charge in [-0.2, -0.15) is 0 Å². The van der Waals surface area contributed by atoms with E-state index in [-0.39, 0.29) is 24.4 Å². The molecule has 0 aliphatic carbocycles. The average Bonchev–Trinajstić information content (AvgIpc) is 2.77. The first kappa shape index (κ1) is 20.3. The van der Waals surface area contributed by atoms with Crippen molar-refractivity contribution in [3.8, 4) is 0 Å². The van der Waals surface area contributed by atoms with Crippen molar-refractivity contribution in [1.29, 1.82) is 0 Å². The molecular formula is C24H25N3O2. The van der Waals surface area contributed by atoms with Crippen LogP contribution in [0.2, 0.25) is 0 Å². The SMILES string of the molecule is C[C@@H](NCC(=O)Nc1ccccc1C(=O)NCc1ccccc1)c1ccccc1. The predicted octanol–water partition coefficient (Wildman–Crippen LogP) is 3.91. The van der Waals surface area contributed by atoms with Crippen molar-refractivity contribution >= 4 is 17.5 Å². The largest absolute Gasteiger partial charge is 0.348 e. The van der Waals surface area contributed by atoms with Gasteiger partial charge >= 0.3 is 0 Å². The van der Waals surface area contributed by atoms with E-state index in [9.17, 15) is 9.59 Å². The summed E-state index contributed by atoms with van der Waals surface area (Å²) in [6, 6.07) is 26.7. The number of nitrogens with one attached hydrogen (secondary N) is 3. The van der Waals surface area contributed by atoms with E-state index in [2.05, 4.69) is 16.0 Å². The molecule has 0 unspecified atom stereocenters. The van der Waals surface area contributed by atoms with Gasteiger partial charge in [0, 0.05) is 12.6 Å². The minimum atomic E-state index is -0.227. The molecule has 0 aliphatic rings. The third-order valence-electron chi connectivity index (χ3n) is 4.61. The summed E-state index contributed by atoms with van der Waals surface area (Å²) in [5, 5.41) is 8.93. The normalized spacial score (nSPS) is 11.5. The maximum atomic E-state index is 12.6. The minimum absolute atomic E-state index is 0.0476. The van der Waals surface area contributed by atoms with E-state index in [0.29, 0.717) is 17.8 Å². The van der Waals surface area contributed by atoms with Crippen LogP contribution in [0.3, 0.4) is 0 Å². The van der Waals surface area contributed by atoms with E-state index in [0.717, 1.165) is 11.1 Å². The first-order valence-electron chi connectivity index (χ1n) is 9.63. The van der Waals surface area contributed by atoms with E-state index in [1.807, 2.05) is 67.6 Å². The number of hydrogen-bond donors (Lipinski definition) is 3. The molecule has 0 aromatic heterocycles. The van der Waals surface area contributed by atoms with E-state index < -0.39 is 0 Å². The summed E-state index contributed by atoms with van der Waals surface area (Å²) < 4.78 is 0. The summed E-state index contributed by atoms with van der Waals surface area (Å²) in [7, 11) is 0. The Hall–Kier alpha value is -3.44. The van der Waals surface area contributed by atoms with Crippen molar-refractivity contribution in [3.05, 3.63) is 102 Å². The Labute approximate surface area is 171 Å². The van der Waals surface area contributed by atoms with Gasteiger partial charge in [0.1, 0.15) is 0 Å². The fourth-order valence-electron chi connectivity index (χ4n) is 2.96. The molecule has 5 heteroatoms. The van der Waals surface area contributed by atoms with Crippen LogP contribution >= 0.6 is 0 Å². The quantitative estimate of drug-likeness (QED) is 0.549. The highest BCUT2D eigenvalue weighted by Crippen LogP contribution is 2.16. The highest BCUT2D eigenvalue weighted by molar-refractivity contribution is 6.04. The molecule has 0 spiro atoms. The molecule has 2 amide bonds. The molecule has 0 fully saturated rings. The van der Waals surface area contributed by atoms with Gasteiger partial charge < -0.3 is 16.0 Å². The molecule has 3 rings (SSSR count). The summed E-state index contributed by atoms with van der Waals surface area (Å²) in [6.45, 7) is 2.59. The molecule has 3 aromatic rings. The standard InChI is InChI=1S/C24H25N3O2/c1-18(20-12-6-3-7-13-20)25-17-23(28)27-22-15-9-8-14-21(22)24(29)26-16-19-10-4-2-5-11-19/h2-15,18,25H,16-17H2,1H3,(H,26,29)(H,27,28)/t18-/m1/s1. The molecule has 29 heavy (non-hydrogen) atoms. The number of benzene rings is 3. The van der Waals surface area contributed by atoms with Gasteiger partial charge in [-0.15, -0.1) is 0 Å². The van der Waals surface area contributed by atoms with Gasteiger partial charge in [0.2, 0.25) is 5.91 Å². The zero-order valence-electron chi connectivity index (χ0n) is 16.4. The van der Waals surface area contributed by atoms with E-state index in [4.69, 9.17) is 0 Å². The van der Waals surface area contributed by atoms with Crippen molar-refractivity contribution < 1.29 is 9.59 Å². The van der Waals surface area contributed by atoms with E-state index >= 15 is 0 Å². The first-order chi connectivity index (χ1) is 14.1. The third kappa shape index (κ3) is 6.02. The van der Waals surface area contributed by atoms with Gasteiger partial charge in [0.15, 0.2) is 0 Å². The van der Waals surface area contributed by atoms with Gasteiger partial charge in [0.05, 0.1) is 17.8 Å². The second-order valence-electron chi connectivity index (χ2n) is 6.78. The molecule has 5 nitrogen and oxygen atoms in total. The summed E-state index contributed by atoms with van der Waals surface area (Å²) in [5.74, 6) is -0.425. The third-order valence-corrected chi connectivity index (χ3v) is 4.61. The van der Waals surface area contributed by atoms with Crippen molar-refractivity contribution in [1.82, 2.24) is 10.6 Å². The van der Waals surface area contributed by atoms with Gasteiger partial charge in [-0.3, -0.25) is 9.59 Å². The molecule has 3 N–H and O–H groups in total. The van der Waals surface area contributed by atoms with Crippen molar-refractivity contribution in [2.75, 3.05) is 11.9 Å². The maximum Gasteiger partial charge on any atom is 0.253 e. The Morgan fingerprint density at radius 2 is 1.45 bits per heavy atom. The van der Waals surface area contributed by atoms with Crippen molar-refractivity contribution in [2.24, 2.45) is 0 Å². The number of rotatable bonds is 8. The number of carbonyl (C=O) groups is 2. The second kappa shape index (κ2) is 10.2. The molecule has 0 radical (unpaired) electrons. The zero-order chi connectivity index (χ0) is 20.5. The summed E-state index contributed by atoms with van der Waals surface area (Å²) in [4.78, 5) is 25.0. The maximum absolute atomic E-state index is 12.6. The molecule has 1 atom stereocenters. The molecule has 148 valence electrons. The fraction of sp³-hybridized carbons (Fsp3) is 0.167. The highest BCUT2D eigenvalue weighted by atomic mass is 16.2. The Morgan fingerprint density at radius 3 is 2.17 bits per heavy atom. The number of anilines is 1. The lowest BCUT2D eigenvalue weighted by Gasteiger charge is -2.15. The Morgan fingerprint density at radius 1 is 0.828 bits per heavy atom. The minimum Gasteiger partial charge on any atom is -0.348 e. The predicted molar refractivity (Wildman–Crippen MR) is 116 cm³/mol. The van der Waals surface area contributed by atoms with Gasteiger partial charge in [-0.05, 0) is 30.2 Å². The Bertz CT molecular complexity index is 943. The molecule has 0 saturated heterocycles. The highest BCUT2D eigenvalue weighted by Gasteiger charge is 2.13. The lowest BCUT2D eigenvalue weighted by molar-refractivity contribution is -0.115. The van der Waals surface area contributed by atoms with Crippen LogP contribution < -0.4 is 16.0 Å². The van der Waals surface area contributed by atoms with Crippen LogP contribution in [-0.2, 0) is 11.3 Å². The van der Waals surface area contributed by atoms with Crippen LogP contribution in [0.5, 0.6) is 0 Å². The Kier molecular flexibility index (Phi) is 7.14. The molecule has 0 saturated carbocycles. The number of amides is 2. The van der Waals surface area contributed by atoms with Gasteiger partial charge in [0.25, 0.3) is 5.91 Å². The van der Waals surface area contributed by atoms with Crippen LogP contribution in [-0.4, -0.2) is 18.4 Å². The summed E-state index contributed by atoms with van der Waals surface area (Å²) in [6.07, 6.45) is 0. The smallest absolute Gasteiger partial charge is 0.253 e. The summed E-state index contributed by atoms with van der Waals surface area (Å²) in [5.41, 5.74) is 3.06. The summed E-state index contributed by atoms with van der Waals surface area (Å²) >= 11 is 0. The second-order valence-corrected chi connectivity index (χ2v) is 6.78. The molecule has 0 heterocycles. The van der Waals surface area contributed by atoms with Crippen molar-refractivity contribution in [2.45, 2.75) is 19.5 Å². The van der Waals surface area contributed by atoms with Crippen LogP contribution in [0.15, 0.2) is 84.9 Å². The van der Waals surface area contributed by atoms with E-state index in [1.165, 1.54) is 0 Å². The van der Waals surface area contributed by atoms with E-state index in [1.54, 1.807) is 24.3 Å². The topological polar surface area (TPSA) is 70.2 Å². The fourth-order valence-corrected chi connectivity index (χ4v) is 2.96. The zero-order valence-corrected chi connectivity index (χ0v) is 16.4. The van der Waals surface area contributed by atoms with Gasteiger partial charge in [-0.1, -0.05) is 72.8 Å². The van der Waals surface area contributed by atoms with Crippen molar-refractivity contribution in [3.63, 3.8) is 0 Å². The number of para-hydroxylation sites is 1. The average molecular weight is 387 g/mol. The lowest BCUT2D eigenvalue weighted by atomic mass is 10.1. The monoisotopic (exact) mass is 387 g/mol. The van der Waals surface area contributed by atoms with Crippen LogP contribution in [0.1, 0.15) is 34.5 Å². The van der Waals surface area contributed by atoms with Crippen LogP contribution in [0.4, 0.5) is 5.69 Å². The first-order valence-corrected chi connectivity index (χ1v) is 9.63. The van der Waals surface area contributed by atoms with Gasteiger partial charge in [-0.25, -0.2) is 0 Å².